The van der Waals surface area contributed by atoms with Crippen LogP contribution in [0.25, 0.3) is 0 Å². The molecule has 0 aliphatic carbocycles. The molecule has 1 saturated heterocycles. The number of rotatable bonds is 7. The van der Waals surface area contributed by atoms with Gasteiger partial charge in [-0.25, -0.2) is 10.4 Å². The molecular formula is C26H28ClN5O. The number of benzene rings is 2. The van der Waals surface area contributed by atoms with Crippen molar-refractivity contribution in [3.63, 3.8) is 0 Å². The highest BCUT2D eigenvalue weighted by Gasteiger charge is 2.18. The van der Waals surface area contributed by atoms with Crippen molar-refractivity contribution in [3.05, 3.63) is 88.7 Å². The summed E-state index contributed by atoms with van der Waals surface area (Å²) in [6.07, 6.45) is 5.50. The van der Waals surface area contributed by atoms with Gasteiger partial charge < -0.3 is 5.32 Å². The zero-order chi connectivity index (χ0) is 23.0. The number of nitrogens with one attached hydrogen (secondary N) is 2. The topological polar surface area (TPSA) is 69.6 Å². The third kappa shape index (κ3) is 6.63. The van der Waals surface area contributed by atoms with Crippen molar-refractivity contribution in [2.45, 2.75) is 26.3 Å². The zero-order valence-electron chi connectivity index (χ0n) is 18.7. The van der Waals surface area contributed by atoms with E-state index in [1.165, 1.54) is 5.56 Å². The van der Waals surface area contributed by atoms with Crippen LogP contribution in [0.4, 0.5) is 11.4 Å². The third-order valence-electron chi connectivity index (χ3n) is 5.74. The van der Waals surface area contributed by atoms with Crippen molar-refractivity contribution in [1.82, 2.24) is 15.3 Å². The minimum atomic E-state index is -0.315. The van der Waals surface area contributed by atoms with Crippen molar-refractivity contribution < 1.29 is 4.79 Å². The molecule has 1 fully saturated rings. The lowest BCUT2D eigenvalue weighted by Crippen LogP contribution is -2.34. The number of hydrogen-bond donors (Lipinski definition) is 2. The minimum Gasteiger partial charge on any atom is -0.354 e. The number of anilines is 2. The molecule has 1 aliphatic heterocycles. The molecule has 2 aromatic carbocycles. The van der Waals surface area contributed by atoms with Crippen LogP contribution in [0.15, 0.2) is 72.0 Å². The van der Waals surface area contributed by atoms with Crippen molar-refractivity contribution in [2.75, 3.05) is 18.4 Å². The average Bonchev–Trinajstić information content (AvgIpc) is 2.82. The Morgan fingerprint density at radius 2 is 1.94 bits per heavy atom. The first-order chi connectivity index (χ1) is 16.1. The molecule has 2 heterocycles. The van der Waals surface area contributed by atoms with Gasteiger partial charge in [0.05, 0.1) is 11.9 Å². The van der Waals surface area contributed by atoms with Gasteiger partial charge in [-0.1, -0.05) is 41.9 Å². The highest BCUT2D eigenvalue weighted by atomic mass is 35.5. The summed E-state index contributed by atoms with van der Waals surface area (Å²) in [7, 11) is 0. The SMILES string of the molecule is Cc1cccc(Nc2ccc(C(=O)N/N=C/C3CCN(Cc4ccccc4Cl)CC3)nc2)c1. The molecule has 2 N–H and O–H groups in total. The van der Waals surface area contributed by atoms with E-state index in [0.29, 0.717) is 11.6 Å². The lowest BCUT2D eigenvalue weighted by atomic mass is 9.98. The molecule has 0 saturated carbocycles. The first-order valence-corrected chi connectivity index (χ1v) is 11.5. The number of nitrogens with zero attached hydrogens (tertiary/aromatic N) is 3. The maximum absolute atomic E-state index is 12.4. The molecule has 6 nitrogen and oxygen atoms in total. The van der Waals surface area contributed by atoms with Gasteiger partial charge in [-0.3, -0.25) is 9.69 Å². The molecule has 1 aromatic heterocycles. The maximum Gasteiger partial charge on any atom is 0.289 e. The number of pyridine rings is 1. The van der Waals surface area contributed by atoms with E-state index >= 15 is 0 Å². The van der Waals surface area contributed by atoms with Gasteiger partial charge in [0.15, 0.2) is 0 Å². The van der Waals surface area contributed by atoms with E-state index in [2.05, 4.69) is 37.9 Å². The predicted octanol–water partition coefficient (Wildman–Crippen LogP) is 5.41. The standard InChI is InChI=1S/C26H28ClN5O/c1-19-5-4-7-22(15-19)30-23-9-10-25(28-17-23)26(33)31-29-16-20-11-13-32(14-12-20)18-21-6-2-3-8-24(21)27/h2-10,15-17,20,30H,11-14,18H2,1H3,(H,31,33)/b29-16+. The van der Waals surface area contributed by atoms with Gasteiger partial charge in [-0.05, 0) is 80.2 Å². The zero-order valence-corrected chi connectivity index (χ0v) is 19.4. The molecule has 0 spiro atoms. The number of likely N-dealkylation sites (tertiary alicyclic amines) is 1. The molecular weight excluding hydrogens is 434 g/mol. The van der Waals surface area contributed by atoms with Crippen LogP contribution in [0.1, 0.15) is 34.5 Å². The first kappa shape index (κ1) is 23.0. The molecule has 0 radical (unpaired) electrons. The molecule has 1 aliphatic rings. The van der Waals surface area contributed by atoms with Gasteiger partial charge >= 0.3 is 0 Å². The highest BCUT2D eigenvalue weighted by Crippen LogP contribution is 2.21. The summed E-state index contributed by atoms with van der Waals surface area (Å²) in [6.45, 7) is 4.86. The number of piperidine rings is 1. The number of hydrogen-bond acceptors (Lipinski definition) is 5. The molecule has 0 unspecified atom stereocenters. The first-order valence-electron chi connectivity index (χ1n) is 11.2. The lowest BCUT2D eigenvalue weighted by molar-refractivity contribution is 0.0950. The van der Waals surface area contributed by atoms with Crippen molar-refractivity contribution >= 4 is 35.1 Å². The van der Waals surface area contributed by atoms with E-state index < -0.39 is 0 Å². The number of carbonyl (C=O) groups is 1. The Kier molecular flexibility index (Phi) is 7.70. The highest BCUT2D eigenvalue weighted by molar-refractivity contribution is 6.31. The predicted molar refractivity (Wildman–Crippen MR) is 134 cm³/mol. The van der Waals surface area contributed by atoms with E-state index in [4.69, 9.17) is 11.6 Å². The number of hydrazone groups is 1. The smallest absolute Gasteiger partial charge is 0.289 e. The Balaban J connectivity index is 1.22. The number of carbonyl (C=O) groups excluding carboxylic acids is 1. The van der Waals surface area contributed by atoms with Crippen molar-refractivity contribution in [2.24, 2.45) is 11.0 Å². The number of aromatic nitrogens is 1. The van der Waals surface area contributed by atoms with Crippen LogP contribution in [0.3, 0.4) is 0 Å². The fraction of sp³-hybridized carbons (Fsp3) is 0.269. The number of amides is 1. The molecule has 3 aromatic rings. The van der Waals surface area contributed by atoms with Crippen molar-refractivity contribution in [1.29, 1.82) is 0 Å². The Bertz CT molecular complexity index is 1110. The fourth-order valence-corrected chi connectivity index (χ4v) is 4.07. The maximum atomic E-state index is 12.4. The summed E-state index contributed by atoms with van der Waals surface area (Å²) >= 11 is 6.27. The van der Waals surface area contributed by atoms with Crippen LogP contribution in [0.2, 0.25) is 5.02 Å². The van der Waals surface area contributed by atoms with Crippen LogP contribution in [0.5, 0.6) is 0 Å². The van der Waals surface area contributed by atoms with Crippen LogP contribution in [0, 0.1) is 12.8 Å². The molecule has 0 bridgehead atoms. The molecule has 170 valence electrons. The van der Waals surface area contributed by atoms with E-state index in [1.807, 2.05) is 55.6 Å². The summed E-state index contributed by atoms with van der Waals surface area (Å²) < 4.78 is 0. The number of aryl methyl sites for hydroxylation is 1. The average molecular weight is 462 g/mol. The Hall–Kier alpha value is -3.22. The van der Waals surface area contributed by atoms with Gasteiger partial charge in [0, 0.05) is 23.5 Å². The Morgan fingerprint density at radius 3 is 2.67 bits per heavy atom. The van der Waals surface area contributed by atoms with Gasteiger partial charge in [0.25, 0.3) is 5.91 Å². The van der Waals surface area contributed by atoms with Crippen molar-refractivity contribution in [3.8, 4) is 0 Å². The summed E-state index contributed by atoms with van der Waals surface area (Å²) in [5, 5.41) is 8.27. The van der Waals surface area contributed by atoms with Crippen LogP contribution in [-0.4, -0.2) is 35.1 Å². The monoisotopic (exact) mass is 461 g/mol. The fourth-order valence-electron chi connectivity index (χ4n) is 3.88. The third-order valence-corrected chi connectivity index (χ3v) is 6.11. The van der Waals surface area contributed by atoms with Crippen LogP contribution >= 0.6 is 11.6 Å². The van der Waals surface area contributed by atoms with E-state index in [1.54, 1.807) is 12.3 Å². The summed E-state index contributed by atoms with van der Waals surface area (Å²) in [5.41, 5.74) is 7.07. The normalized spacial score (nSPS) is 15.0. The van der Waals surface area contributed by atoms with Gasteiger partial charge in [0.2, 0.25) is 0 Å². The van der Waals surface area contributed by atoms with Crippen LogP contribution < -0.4 is 10.7 Å². The molecule has 33 heavy (non-hydrogen) atoms. The molecule has 4 rings (SSSR count). The summed E-state index contributed by atoms with van der Waals surface area (Å²) in [5.74, 6) is 0.0335. The van der Waals surface area contributed by atoms with Gasteiger partial charge in [-0.15, -0.1) is 0 Å². The van der Waals surface area contributed by atoms with Crippen LogP contribution in [-0.2, 0) is 6.54 Å². The minimum absolute atomic E-state index is 0.315. The summed E-state index contributed by atoms with van der Waals surface area (Å²) in [6, 6.07) is 19.6. The quantitative estimate of drug-likeness (QED) is 0.364. The second-order valence-corrected chi connectivity index (χ2v) is 8.76. The van der Waals surface area contributed by atoms with Gasteiger partial charge in [0.1, 0.15) is 5.69 Å². The number of halogens is 1. The Labute approximate surface area is 199 Å². The second-order valence-electron chi connectivity index (χ2n) is 8.35. The lowest BCUT2D eigenvalue weighted by Gasteiger charge is -2.30. The molecule has 7 heteroatoms. The Morgan fingerprint density at radius 1 is 1.12 bits per heavy atom. The van der Waals surface area contributed by atoms with E-state index in [0.717, 1.165) is 54.4 Å². The molecule has 0 atom stereocenters. The van der Waals surface area contributed by atoms with E-state index in [-0.39, 0.29) is 5.91 Å². The largest absolute Gasteiger partial charge is 0.354 e. The second kappa shape index (κ2) is 11.1. The van der Waals surface area contributed by atoms with Gasteiger partial charge in [-0.2, -0.15) is 5.10 Å². The summed E-state index contributed by atoms with van der Waals surface area (Å²) in [4.78, 5) is 19.0. The molecule has 1 amide bonds. The van der Waals surface area contributed by atoms with E-state index in [9.17, 15) is 4.79 Å².